The van der Waals surface area contributed by atoms with Gasteiger partial charge in [0.1, 0.15) is 5.69 Å². The highest BCUT2D eigenvalue weighted by atomic mass is 16.6. The van der Waals surface area contributed by atoms with Crippen LogP contribution in [-0.2, 0) is 4.74 Å². The Morgan fingerprint density at radius 2 is 2.00 bits per heavy atom. The maximum atomic E-state index is 10.8. The zero-order valence-corrected chi connectivity index (χ0v) is 8.76. The fourth-order valence-corrected chi connectivity index (χ4v) is 1.57. The minimum atomic E-state index is -0.386. The maximum absolute atomic E-state index is 10.8. The number of hydrazine groups is 1. The Labute approximate surface area is 92.9 Å². The van der Waals surface area contributed by atoms with Gasteiger partial charge in [-0.3, -0.25) is 10.1 Å². The molecule has 0 aliphatic carbocycles. The van der Waals surface area contributed by atoms with Crippen LogP contribution in [0.25, 0.3) is 0 Å². The molecule has 0 saturated carbocycles. The van der Waals surface area contributed by atoms with Gasteiger partial charge in [-0.1, -0.05) is 12.1 Å². The highest BCUT2D eigenvalue weighted by molar-refractivity contribution is 5.60. The van der Waals surface area contributed by atoms with Crippen LogP contribution in [0.4, 0.5) is 11.4 Å². The third-order valence-electron chi connectivity index (χ3n) is 2.39. The number of nitrogens with one attached hydrogen (secondary N) is 1. The third-order valence-corrected chi connectivity index (χ3v) is 2.39. The Bertz CT molecular complexity index is 377. The highest BCUT2D eigenvalue weighted by Crippen LogP contribution is 2.23. The topological polar surface area (TPSA) is 67.6 Å². The van der Waals surface area contributed by atoms with Crippen LogP contribution in [0.15, 0.2) is 24.3 Å². The number of hydrogen-bond acceptors (Lipinski definition) is 5. The molecule has 0 aromatic heterocycles. The lowest BCUT2D eigenvalue weighted by Crippen LogP contribution is -2.40. The van der Waals surface area contributed by atoms with Crippen molar-refractivity contribution < 1.29 is 9.66 Å². The first kappa shape index (κ1) is 10.8. The number of para-hydroxylation sites is 2. The average molecular weight is 223 g/mol. The Morgan fingerprint density at radius 1 is 1.31 bits per heavy atom. The van der Waals surface area contributed by atoms with Crippen LogP contribution in [0.1, 0.15) is 0 Å². The van der Waals surface area contributed by atoms with Crippen molar-refractivity contribution >= 4 is 11.4 Å². The SMILES string of the molecule is O=[N+]([O-])c1ccccc1NN1CCOCC1. The van der Waals surface area contributed by atoms with Gasteiger partial charge in [0.05, 0.1) is 18.1 Å². The van der Waals surface area contributed by atoms with E-state index in [9.17, 15) is 10.1 Å². The zero-order chi connectivity index (χ0) is 11.4. The first-order chi connectivity index (χ1) is 7.77. The van der Waals surface area contributed by atoms with Gasteiger partial charge >= 0.3 is 0 Å². The molecule has 1 saturated heterocycles. The molecule has 0 unspecified atom stereocenters. The van der Waals surface area contributed by atoms with Gasteiger partial charge in [-0.2, -0.15) is 0 Å². The van der Waals surface area contributed by atoms with Crippen molar-refractivity contribution in [3.63, 3.8) is 0 Å². The van der Waals surface area contributed by atoms with Crippen LogP contribution < -0.4 is 5.43 Å². The minimum absolute atomic E-state index is 0.0917. The second kappa shape index (κ2) is 4.91. The van der Waals surface area contributed by atoms with Gasteiger partial charge in [0.2, 0.25) is 0 Å². The molecule has 86 valence electrons. The van der Waals surface area contributed by atoms with Crippen LogP contribution in [0.2, 0.25) is 0 Å². The lowest BCUT2D eigenvalue weighted by Gasteiger charge is -2.27. The molecule has 1 N–H and O–H groups in total. The first-order valence-electron chi connectivity index (χ1n) is 5.10. The maximum Gasteiger partial charge on any atom is 0.293 e. The summed E-state index contributed by atoms with van der Waals surface area (Å²) in [5, 5.41) is 12.7. The summed E-state index contributed by atoms with van der Waals surface area (Å²) in [6.45, 7) is 2.75. The summed E-state index contributed by atoms with van der Waals surface area (Å²) in [6, 6.07) is 6.62. The number of nitro benzene ring substituents is 1. The second-order valence-electron chi connectivity index (χ2n) is 3.49. The van der Waals surface area contributed by atoms with Crippen LogP contribution in [0.3, 0.4) is 0 Å². The summed E-state index contributed by atoms with van der Waals surface area (Å²) < 4.78 is 5.20. The standard InChI is InChI=1S/C10H13N3O3/c14-13(15)10-4-2-1-3-9(10)11-12-5-7-16-8-6-12/h1-4,11H,5-8H2. The largest absolute Gasteiger partial charge is 0.379 e. The van der Waals surface area contributed by atoms with Crippen molar-refractivity contribution in [2.24, 2.45) is 0 Å². The van der Waals surface area contributed by atoms with Crippen molar-refractivity contribution in [1.29, 1.82) is 0 Å². The Hall–Kier alpha value is -1.66. The quantitative estimate of drug-likeness (QED) is 0.617. The molecule has 16 heavy (non-hydrogen) atoms. The molecule has 2 rings (SSSR count). The normalized spacial score (nSPS) is 17.0. The molecule has 0 bridgehead atoms. The van der Waals surface area contributed by atoms with Gasteiger partial charge in [-0.15, -0.1) is 0 Å². The van der Waals surface area contributed by atoms with Gasteiger partial charge < -0.3 is 10.2 Å². The molecule has 1 heterocycles. The summed E-state index contributed by atoms with van der Waals surface area (Å²) in [4.78, 5) is 10.4. The molecule has 0 atom stereocenters. The summed E-state index contributed by atoms with van der Waals surface area (Å²) in [7, 11) is 0. The fraction of sp³-hybridized carbons (Fsp3) is 0.400. The number of morpholine rings is 1. The number of nitro groups is 1. The van der Waals surface area contributed by atoms with E-state index in [0.717, 1.165) is 13.1 Å². The van der Waals surface area contributed by atoms with E-state index in [0.29, 0.717) is 18.9 Å². The number of ether oxygens (including phenoxy) is 1. The van der Waals surface area contributed by atoms with E-state index in [2.05, 4.69) is 5.43 Å². The molecule has 1 aliphatic rings. The Kier molecular flexibility index (Phi) is 3.33. The van der Waals surface area contributed by atoms with E-state index >= 15 is 0 Å². The summed E-state index contributed by atoms with van der Waals surface area (Å²) in [6.07, 6.45) is 0. The van der Waals surface area contributed by atoms with E-state index in [1.807, 2.05) is 5.01 Å². The molecular formula is C10H13N3O3. The van der Waals surface area contributed by atoms with Crippen LogP contribution in [-0.4, -0.2) is 36.2 Å². The van der Waals surface area contributed by atoms with Gasteiger partial charge in [0.15, 0.2) is 0 Å². The average Bonchev–Trinajstić information content (AvgIpc) is 2.31. The molecule has 6 heteroatoms. The molecular weight excluding hydrogens is 210 g/mol. The van der Waals surface area contributed by atoms with Crippen molar-refractivity contribution in [3.05, 3.63) is 34.4 Å². The van der Waals surface area contributed by atoms with E-state index in [1.165, 1.54) is 6.07 Å². The first-order valence-corrected chi connectivity index (χ1v) is 5.10. The van der Waals surface area contributed by atoms with Gasteiger partial charge in [0.25, 0.3) is 5.69 Å². The number of benzene rings is 1. The van der Waals surface area contributed by atoms with Crippen molar-refractivity contribution in [1.82, 2.24) is 5.01 Å². The van der Waals surface area contributed by atoms with Crippen LogP contribution in [0.5, 0.6) is 0 Å². The highest BCUT2D eigenvalue weighted by Gasteiger charge is 2.16. The molecule has 1 aromatic rings. The van der Waals surface area contributed by atoms with E-state index in [4.69, 9.17) is 4.74 Å². The molecule has 1 aliphatic heterocycles. The minimum Gasteiger partial charge on any atom is -0.379 e. The second-order valence-corrected chi connectivity index (χ2v) is 3.49. The fourth-order valence-electron chi connectivity index (χ4n) is 1.57. The monoisotopic (exact) mass is 223 g/mol. The van der Waals surface area contributed by atoms with Crippen LogP contribution in [0, 0.1) is 10.1 Å². The lowest BCUT2D eigenvalue weighted by atomic mass is 10.3. The number of hydrogen-bond donors (Lipinski definition) is 1. The molecule has 6 nitrogen and oxygen atoms in total. The third kappa shape index (κ3) is 2.47. The van der Waals surface area contributed by atoms with E-state index in [-0.39, 0.29) is 10.6 Å². The number of anilines is 1. The van der Waals surface area contributed by atoms with Gasteiger partial charge in [-0.05, 0) is 6.07 Å². The zero-order valence-electron chi connectivity index (χ0n) is 8.76. The molecule has 0 radical (unpaired) electrons. The molecule has 0 spiro atoms. The predicted molar refractivity (Wildman–Crippen MR) is 59.1 cm³/mol. The molecule has 1 fully saturated rings. The van der Waals surface area contributed by atoms with E-state index < -0.39 is 0 Å². The van der Waals surface area contributed by atoms with Crippen molar-refractivity contribution in [2.45, 2.75) is 0 Å². The lowest BCUT2D eigenvalue weighted by molar-refractivity contribution is -0.384. The van der Waals surface area contributed by atoms with Crippen molar-refractivity contribution in [2.75, 3.05) is 31.7 Å². The Morgan fingerprint density at radius 3 is 2.69 bits per heavy atom. The van der Waals surface area contributed by atoms with E-state index in [1.54, 1.807) is 18.2 Å². The van der Waals surface area contributed by atoms with Gasteiger partial charge in [0, 0.05) is 19.2 Å². The van der Waals surface area contributed by atoms with Crippen molar-refractivity contribution in [3.8, 4) is 0 Å². The predicted octanol–water partition coefficient (Wildman–Crippen LogP) is 1.25. The summed E-state index contributed by atoms with van der Waals surface area (Å²) >= 11 is 0. The number of nitrogens with zero attached hydrogens (tertiary/aromatic N) is 2. The van der Waals surface area contributed by atoms with Gasteiger partial charge in [-0.25, -0.2) is 5.01 Å². The number of rotatable bonds is 3. The molecule has 0 amide bonds. The summed E-state index contributed by atoms with van der Waals surface area (Å²) in [5.74, 6) is 0. The Balaban J connectivity index is 2.10. The van der Waals surface area contributed by atoms with Crippen LogP contribution >= 0.6 is 0 Å². The summed E-state index contributed by atoms with van der Waals surface area (Å²) in [5.41, 5.74) is 3.66. The molecule has 1 aromatic carbocycles. The smallest absolute Gasteiger partial charge is 0.293 e.